The van der Waals surface area contributed by atoms with Crippen molar-refractivity contribution in [1.82, 2.24) is 15.1 Å². The topological polar surface area (TPSA) is 48.0 Å². The molecule has 1 aromatic carbocycles. The third-order valence-electron chi connectivity index (χ3n) is 5.39. The van der Waals surface area contributed by atoms with E-state index in [1.54, 1.807) is 6.07 Å². The highest BCUT2D eigenvalue weighted by atomic mass is 16.5. The lowest BCUT2D eigenvalue weighted by atomic mass is 10.0. The van der Waals surface area contributed by atoms with E-state index in [9.17, 15) is 5.11 Å². The first-order chi connectivity index (χ1) is 12.2. The van der Waals surface area contributed by atoms with Crippen LogP contribution in [0.1, 0.15) is 44.7 Å². The van der Waals surface area contributed by atoms with Crippen LogP contribution in [0.15, 0.2) is 18.2 Å². The van der Waals surface area contributed by atoms with Gasteiger partial charge in [0.1, 0.15) is 0 Å². The Balaban J connectivity index is 1.82. The summed E-state index contributed by atoms with van der Waals surface area (Å²) in [5, 5.41) is 13.6. The van der Waals surface area contributed by atoms with E-state index in [-0.39, 0.29) is 5.75 Å². The highest BCUT2D eigenvalue weighted by Crippen LogP contribution is 2.32. The summed E-state index contributed by atoms with van der Waals surface area (Å²) < 4.78 is 5.63. The van der Waals surface area contributed by atoms with Gasteiger partial charge in [0.25, 0.3) is 0 Å². The van der Waals surface area contributed by atoms with E-state index in [0.29, 0.717) is 24.4 Å². The predicted octanol–water partition coefficient (Wildman–Crippen LogP) is 2.61. The van der Waals surface area contributed by atoms with Crippen LogP contribution >= 0.6 is 0 Å². The van der Waals surface area contributed by atoms with Crippen molar-refractivity contribution in [2.75, 3.05) is 45.9 Å². The Kier molecular flexibility index (Phi) is 6.57. The fraction of sp³-hybridized carbons (Fsp3) is 0.700. The molecular weight excluding hydrogens is 314 g/mol. The SMILES string of the molecule is CCOc1cc(C(CN2CCCCC2)N2CCNC(C)C2)ccc1O. The van der Waals surface area contributed by atoms with E-state index in [1.165, 1.54) is 37.9 Å². The van der Waals surface area contributed by atoms with Gasteiger partial charge in [0, 0.05) is 38.3 Å². The van der Waals surface area contributed by atoms with Crippen LogP contribution in [0.4, 0.5) is 0 Å². The van der Waals surface area contributed by atoms with Gasteiger partial charge in [-0.15, -0.1) is 0 Å². The van der Waals surface area contributed by atoms with E-state index in [0.717, 1.165) is 26.2 Å². The zero-order valence-electron chi connectivity index (χ0n) is 15.7. The van der Waals surface area contributed by atoms with Crippen molar-refractivity contribution < 1.29 is 9.84 Å². The predicted molar refractivity (Wildman–Crippen MR) is 101 cm³/mol. The summed E-state index contributed by atoms with van der Waals surface area (Å²) in [5.74, 6) is 0.836. The van der Waals surface area contributed by atoms with Crippen LogP contribution in [-0.4, -0.2) is 66.8 Å². The number of hydrogen-bond acceptors (Lipinski definition) is 5. The van der Waals surface area contributed by atoms with Crippen molar-refractivity contribution in [3.8, 4) is 11.5 Å². The first kappa shape index (κ1) is 18.5. The van der Waals surface area contributed by atoms with Crippen molar-refractivity contribution >= 4 is 0 Å². The first-order valence-electron chi connectivity index (χ1n) is 9.83. The number of rotatable bonds is 6. The summed E-state index contributed by atoms with van der Waals surface area (Å²) in [6, 6.07) is 6.76. The van der Waals surface area contributed by atoms with Gasteiger partial charge in [-0.2, -0.15) is 0 Å². The summed E-state index contributed by atoms with van der Waals surface area (Å²) in [5.41, 5.74) is 1.25. The Bertz CT molecular complexity index is 546. The molecule has 2 fully saturated rings. The van der Waals surface area contributed by atoms with Gasteiger partial charge in [0.15, 0.2) is 11.5 Å². The summed E-state index contributed by atoms with van der Waals surface area (Å²) in [6.07, 6.45) is 3.98. The molecule has 0 aliphatic carbocycles. The van der Waals surface area contributed by atoms with Gasteiger partial charge in [-0.25, -0.2) is 0 Å². The van der Waals surface area contributed by atoms with Crippen LogP contribution in [0.3, 0.4) is 0 Å². The molecule has 25 heavy (non-hydrogen) atoms. The Labute approximate surface area is 152 Å². The van der Waals surface area contributed by atoms with Crippen molar-refractivity contribution in [3.05, 3.63) is 23.8 Å². The van der Waals surface area contributed by atoms with Crippen molar-refractivity contribution in [1.29, 1.82) is 0 Å². The number of nitrogens with zero attached hydrogens (tertiary/aromatic N) is 2. The van der Waals surface area contributed by atoms with Crippen LogP contribution in [-0.2, 0) is 0 Å². The molecule has 0 saturated carbocycles. The maximum atomic E-state index is 10.1. The molecule has 2 heterocycles. The molecular formula is C20H33N3O2. The number of likely N-dealkylation sites (tertiary alicyclic amines) is 1. The second-order valence-electron chi connectivity index (χ2n) is 7.39. The molecule has 2 aliphatic heterocycles. The molecule has 5 heteroatoms. The van der Waals surface area contributed by atoms with Gasteiger partial charge < -0.3 is 20.1 Å². The Morgan fingerprint density at radius 2 is 2.04 bits per heavy atom. The van der Waals surface area contributed by atoms with E-state index in [1.807, 2.05) is 13.0 Å². The molecule has 2 N–H and O–H groups in total. The standard InChI is InChI=1S/C20H33N3O2/c1-3-25-20-13-17(7-8-19(20)24)18(15-22-10-5-4-6-11-22)23-12-9-21-16(2)14-23/h7-8,13,16,18,21,24H,3-6,9-12,14-15H2,1-2H3. The molecule has 1 aromatic rings. The smallest absolute Gasteiger partial charge is 0.161 e. The fourth-order valence-corrected chi connectivity index (χ4v) is 4.07. The average Bonchev–Trinajstić information content (AvgIpc) is 2.63. The van der Waals surface area contributed by atoms with Gasteiger partial charge in [0.2, 0.25) is 0 Å². The van der Waals surface area contributed by atoms with E-state index < -0.39 is 0 Å². The second-order valence-corrected chi connectivity index (χ2v) is 7.39. The molecule has 140 valence electrons. The lowest BCUT2D eigenvalue weighted by Gasteiger charge is -2.41. The molecule has 0 spiro atoms. The van der Waals surface area contributed by atoms with Gasteiger partial charge in [0.05, 0.1) is 6.61 Å². The maximum absolute atomic E-state index is 10.1. The van der Waals surface area contributed by atoms with Gasteiger partial charge in [-0.3, -0.25) is 4.90 Å². The number of phenolic OH excluding ortho intramolecular Hbond substituents is 1. The zero-order valence-corrected chi connectivity index (χ0v) is 15.7. The van der Waals surface area contributed by atoms with Gasteiger partial charge in [-0.1, -0.05) is 12.5 Å². The Morgan fingerprint density at radius 1 is 1.24 bits per heavy atom. The molecule has 2 unspecified atom stereocenters. The van der Waals surface area contributed by atoms with Gasteiger partial charge in [-0.05, 0) is 57.5 Å². The lowest BCUT2D eigenvalue weighted by molar-refractivity contribution is 0.100. The molecule has 2 saturated heterocycles. The van der Waals surface area contributed by atoms with Crippen LogP contribution in [0.25, 0.3) is 0 Å². The number of piperazine rings is 1. The largest absolute Gasteiger partial charge is 0.504 e. The molecule has 0 bridgehead atoms. The van der Waals surface area contributed by atoms with E-state index in [4.69, 9.17) is 4.74 Å². The third kappa shape index (κ3) is 4.87. The summed E-state index contributed by atoms with van der Waals surface area (Å²) >= 11 is 0. The summed E-state index contributed by atoms with van der Waals surface area (Å²) in [6.45, 7) is 11.4. The third-order valence-corrected chi connectivity index (χ3v) is 5.39. The minimum absolute atomic E-state index is 0.232. The first-order valence-corrected chi connectivity index (χ1v) is 9.83. The monoisotopic (exact) mass is 347 g/mol. The van der Waals surface area contributed by atoms with E-state index in [2.05, 4.69) is 28.1 Å². The van der Waals surface area contributed by atoms with Crippen LogP contribution in [0.2, 0.25) is 0 Å². The maximum Gasteiger partial charge on any atom is 0.161 e. The average molecular weight is 348 g/mol. The molecule has 3 rings (SSSR count). The number of nitrogens with one attached hydrogen (secondary N) is 1. The van der Waals surface area contributed by atoms with Crippen LogP contribution in [0.5, 0.6) is 11.5 Å². The zero-order chi connectivity index (χ0) is 17.6. The number of phenols is 1. The summed E-state index contributed by atoms with van der Waals surface area (Å²) in [4.78, 5) is 5.20. The molecule has 0 aromatic heterocycles. The van der Waals surface area contributed by atoms with Crippen molar-refractivity contribution in [2.45, 2.75) is 45.2 Å². The number of benzene rings is 1. The number of piperidine rings is 1. The number of ether oxygens (including phenoxy) is 1. The second kappa shape index (κ2) is 8.88. The molecule has 5 nitrogen and oxygen atoms in total. The quantitative estimate of drug-likeness (QED) is 0.828. The van der Waals surface area contributed by atoms with E-state index >= 15 is 0 Å². The minimum Gasteiger partial charge on any atom is -0.504 e. The van der Waals surface area contributed by atoms with Crippen LogP contribution in [0, 0.1) is 0 Å². The van der Waals surface area contributed by atoms with Crippen LogP contribution < -0.4 is 10.1 Å². The highest BCUT2D eigenvalue weighted by Gasteiger charge is 2.28. The molecule has 0 radical (unpaired) electrons. The Morgan fingerprint density at radius 3 is 2.76 bits per heavy atom. The summed E-state index contributed by atoms with van der Waals surface area (Å²) in [7, 11) is 0. The Hall–Kier alpha value is -1.30. The van der Waals surface area contributed by atoms with Crippen molar-refractivity contribution in [2.24, 2.45) is 0 Å². The number of aromatic hydroxyl groups is 1. The normalized spacial score (nSPS) is 24.2. The fourth-order valence-electron chi connectivity index (χ4n) is 4.07. The molecule has 0 amide bonds. The lowest BCUT2D eigenvalue weighted by Crippen LogP contribution is -2.52. The number of hydrogen-bond donors (Lipinski definition) is 2. The minimum atomic E-state index is 0.232. The van der Waals surface area contributed by atoms with Gasteiger partial charge >= 0.3 is 0 Å². The highest BCUT2D eigenvalue weighted by molar-refractivity contribution is 5.43. The van der Waals surface area contributed by atoms with Crippen molar-refractivity contribution in [3.63, 3.8) is 0 Å². The molecule has 2 atom stereocenters. The molecule has 2 aliphatic rings.